The van der Waals surface area contributed by atoms with Crippen LogP contribution in [0.4, 0.5) is 0 Å². The van der Waals surface area contributed by atoms with Crippen LogP contribution in [0.25, 0.3) is 0 Å². The first kappa shape index (κ1) is 12.4. The van der Waals surface area contributed by atoms with Crippen LogP contribution in [0.15, 0.2) is 30.3 Å². The molecule has 94 valence electrons. The van der Waals surface area contributed by atoms with Crippen molar-refractivity contribution in [3.63, 3.8) is 0 Å². The maximum Gasteiger partial charge on any atom is 0.356 e. The summed E-state index contributed by atoms with van der Waals surface area (Å²) in [4.78, 5) is 10.8. The second kappa shape index (κ2) is 5.04. The van der Waals surface area contributed by atoms with Crippen LogP contribution in [0.5, 0.6) is 0 Å². The van der Waals surface area contributed by atoms with E-state index in [9.17, 15) is 4.79 Å². The number of aromatic carboxylic acids is 1. The Kier molecular flexibility index (Phi) is 3.46. The van der Waals surface area contributed by atoms with Gasteiger partial charge in [-0.2, -0.15) is 5.10 Å². The zero-order valence-electron chi connectivity index (χ0n) is 10.6. The van der Waals surface area contributed by atoms with Gasteiger partial charge in [0, 0.05) is 5.69 Å². The topological polar surface area (TPSA) is 55.1 Å². The highest BCUT2D eigenvalue weighted by atomic mass is 16.4. The second-order valence-corrected chi connectivity index (χ2v) is 4.30. The van der Waals surface area contributed by atoms with Crippen molar-refractivity contribution in [1.29, 1.82) is 0 Å². The van der Waals surface area contributed by atoms with Crippen molar-refractivity contribution in [2.24, 2.45) is 0 Å². The van der Waals surface area contributed by atoms with Crippen LogP contribution in [0.1, 0.15) is 34.2 Å². The first-order chi connectivity index (χ1) is 8.60. The van der Waals surface area contributed by atoms with E-state index in [4.69, 9.17) is 5.11 Å². The number of carboxylic acids is 1. The predicted molar refractivity (Wildman–Crippen MR) is 68.8 cm³/mol. The molecular formula is C14H16N2O2. The van der Waals surface area contributed by atoms with Crippen molar-refractivity contribution in [2.45, 2.75) is 26.8 Å². The monoisotopic (exact) mass is 244 g/mol. The van der Waals surface area contributed by atoms with Crippen molar-refractivity contribution >= 4 is 5.97 Å². The largest absolute Gasteiger partial charge is 0.476 e. The van der Waals surface area contributed by atoms with Crippen LogP contribution in [-0.2, 0) is 13.0 Å². The number of aromatic nitrogens is 2. The van der Waals surface area contributed by atoms with E-state index in [-0.39, 0.29) is 5.69 Å². The van der Waals surface area contributed by atoms with Gasteiger partial charge in [-0.05, 0) is 30.5 Å². The molecule has 0 unspecified atom stereocenters. The molecule has 0 aliphatic carbocycles. The molecule has 0 amide bonds. The van der Waals surface area contributed by atoms with E-state index in [0.29, 0.717) is 6.54 Å². The third kappa shape index (κ3) is 2.59. The van der Waals surface area contributed by atoms with Crippen LogP contribution in [-0.4, -0.2) is 20.9 Å². The Morgan fingerprint density at radius 1 is 1.28 bits per heavy atom. The van der Waals surface area contributed by atoms with E-state index in [1.54, 1.807) is 10.7 Å². The number of carboxylic acid groups (broad SMARTS) is 1. The molecule has 0 fully saturated rings. The summed E-state index contributed by atoms with van der Waals surface area (Å²) in [6, 6.07) is 9.88. The molecule has 0 saturated heterocycles. The standard InChI is InChI=1S/C14H16N2O2/c1-3-11-4-6-12(7-5-11)9-16-10(2)8-13(15-16)14(17)18/h4-8H,3,9H2,1-2H3,(H,17,18). The van der Waals surface area contributed by atoms with Crippen molar-refractivity contribution < 1.29 is 9.90 Å². The van der Waals surface area contributed by atoms with E-state index in [1.807, 2.05) is 6.92 Å². The molecule has 0 aliphatic rings. The van der Waals surface area contributed by atoms with E-state index < -0.39 is 5.97 Å². The summed E-state index contributed by atoms with van der Waals surface area (Å²) in [5, 5.41) is 12.9. The lowest BCUT2D eigenvalue weighted by atomic mass is 10.1. The first-order valence-electron chi connectivity index (χ1n) is 5.95. The number of nitrogens with zero attached hydrogens (tertiary/aromatic N) is 2. The average Bonchev–Trinajstić information content (AvgIpc) is 2.72. The van der Waals surface area contributed by atoms with Gasteiger partial charge in [0.2, 0.25) is 0 Å². The van der Waals surface area contributed by atoms with Crippen LogP contribution in [0.2, 0.25) is 0 Å². The van der Waals surface area contributed by atoms with Gasteiger partial charge in [0.05, 0.1) is 6.54 Å². The lowest BCUT2D eigenvalue weighted by molar-refractivity contribution is 0.0689. The fourth-order valence-corrected chi connectivity index (χ4v) is 1.83. The molecule has 0 aliphatic heterocycles. The highest BCUT2D eigenvalue weighted by Gasteiger charge is 2.10. The highest BCUT2D eigenvalue weighted by molar-refractivity contribution is 5.85. The predicted octanol–water partition coefficient (Wildman–Crippen LogP) is 2.50. The molecule has 1 N–H and O–H groups in total. The Bertz CT molecular complexity index is 556. The lowest BCUT2D eigenvalue weighted by Crippen LogP contribution is -2.05. The Labute approximate surface area is 106 Å². The molecule has 0 saturated carbocycles. The number of hydrogen-bond donors (Lipinski definition) is 1. The number of rotatable bonds is 4. The van der Waals surface area contributed by atoms with Gasteiger partial charge in [0.15, 0.2) is 5.69 Å². The van der Waals surface area contributed by atoms with Crippen LogP contribution >= 0.6 is 0 Å². The van der Waals surface area contributed by atoms with Crippen LogP contribution in [0.3, 0.4) is 0 Å². The number of aryl methyl sites for hydroxylation is 2. The fraction of sp³-hybridized carbons (Fsp3) is 0.286. The molecule has 0 atom stereocenters. The summed E-state index contributed by atoms with van der Waals surface area (Å²) in [7, 11) is 0. The van der Waals surface area contributed by atoms with Gasteiger partial charge in [0.1, 0.15) is 0 Å². The van der Waals surface area contributed by atoms with Crippen molar-refractivity contribution in [3.05, 3.63) is 52.8 Å². The number of hydrogen-bond acceptors (Lipinski definition) is 2. The Hall–Kier alpha value is -2.10. The van der Waals surface area contributed by atoms with Gasteiger partial charge in [-0.25, -0.2) is 4.79 Å². The third-order valence-corrected chi connectivity index (χ3v) is 2.96. The molecule has 4 nitrogen and oxygen atoms in total. The summed E-state index contributed by atoms with van der Waals surface area (Å²) in [5.41, 5.74) is 3.36. The van der Waals surface area contributed by atoms with Crippen molar-refractivity contribution in [2.75, 3.05) is 0 Å². The molecule has 0 radical (unpaired) electrons. The molecule has 0 bridgehead atoms. The Morgan fingerprint density at radius 2 is 1.89 bits per heavy atom. The Balaban J connectivity index is 2.19. The van der Waals surface area contributed by atoms with Crippen LogP contribution < -0.4 is 0 Å². The second-order valence-electron chi connectivity index (χ2n) is 4.30. The molecule has 2 aromatic rings. The van der Waals surface area contributed by atoms with E-state index >= 15 is 0 Å². The molecular weight excluding hydrogens is 228 g/mol. The maximum absolute atomic E-state index is 10.8. The van der Waals surface area contributed by atoms with Gasteiger partial charge in [-0.1, -0.05) is 31.2 Å². The normalized spacial score (nSPS) is 10.6. The number of carbonyl (C=O) groups is 1. The van der Waals surface area contributed by atoms with Gasteiger partial charge < -0.3 is 5.11 Å². The van der Waals surface area contributed by atoms with E-state index in [1.165, 1.54) is 5.56 Å². The third-order valence-electron chi connectivity index (χ3n) is 2.96. The lowest BCUT2D eigenvalue weighted by Gasteiger charge is -2.05. The maximum atomic E-state index is 10.8. The summed E-state index contributed by atoms with van der Waals surface area (Å²) < 4.78 is 1.71. The SMILES string of the molecule is CCc1ccc(Cn2nc(C(=O)O)cc2C)cc1. The molecule has 18 heavy (non-hydrogen) atoms. The van der Waals surface area contributed by atoms with Gasteiger partial charge in [-0.3, -0.25) is 4.68 Å². The molecule has 0 spiro atoms. The molecule has 4 heteroatoms. The average molecular weight is 244 g/mol. The molecule has 1 aromatic heterocycles. The molecule has 1 aromatic carbocycles. The zero-order chi connectivity index (χ0) is 13.1. The smallest absolute Gasteiger partial charge is 0.356 e. The minimum Gasteiger partial charge on any atom is -0.476 e. The van der Waals surface area contributed by atoms with E-state index in [2.05, 4.69) is 36.3 Å². The zero-order valence-corrected chi connectivity index (χ0v) is 10.6. The van der Waals surface area contributed by atoms with E-state index in [0.717, 1.165) is 17.7 Å². The van der Waals surface area contributed by atoms with Crippen LogP contribution in [0, 0.1) is 6.92 Å². The summed E-state index contributed by atoms with van der Waals surface area (Å²) in [5.74, 6) is -0.988. The van der Waals surface area contributed by atoms with Crippen molar-refractivity contribution in [1.82, 2.24) is 9.78 Å². The minimum absolute atomic E-state index is 0.0951. The summed E-state index contributed by atoms with van der Waals surface area (Å²) in [6.07, 6.45) is 1.02. The summed E-state index contributed by atoms with van der Waals surface area (Å²) in [6.45, 7) is 4.58. The fourth-order valence-electron chi connectivity index (χ4n) is 1.83. The quantitative estimate of drug-likeness (QED) is 0.899. The number of benzene rings is 1. The summed E-state index contributed by atoms with van der Waals surface area (Å²) >= 11 is 0. The highest BCUT2D eigenvalue weighted by Crippen LogP contribution is 2.10. The van der Waals surface area contributed by atoms with Crippen molar-refractivity contribution in [3.8, 4) is 0 Å². The minimum atomic E-state index is -0.988. The van der Waals surface area contributed by atoms with Gasteiger partial charge in [-0.15, -0.1) is 0 Å². The van der Waals surface area contributed by atoms with Gasteiger partial charge >= 0.3 is 5.97 Å². The Morgan fingerprint density at radius 3 is 2.39 bits per heavy atom. The molecule has 1 heterocycles. The van der Waals surface area contributed by atoms with Gasteiger partial charge in [0.25, 0.3) is 0 Å². The molecule has 2 rings (SSSR count). The first-order valence-corrected chi connectivity index (χ1v) is 5.95.